The maximum Gasteiger partial charge on any atom is 0.171 e. The zero-order chi connectivity index (χ0) is 9.84. The quantitative estimate of drug-likeness (QED) is 0.740. The maximum atomic E-state index is 5.12. The molecule has 0 spiro atoms. The Labute approximate surface area is 88.4 Å². The molecule has 72 valence electrons. The number of hydrogen-bond acceptors (Lipinski definition) is 2. The van der Waals surface area contributed by atoms with Gasteiger partial charge in [0.2, 0.25) is 0 Å². The Morgan fingerprint density at radius 1 is 1.46 bits per heavy atom. The van der Waals surface area contributed by atoms with E-state index in [-0.39, 0.29) is 0 Å². The molecule has 0 unspecified atom stereocenters. The van der Waals surface area contributed by atoms with Crippen LogP contribution in [0, 0.1) is 6.92 Å². The molecule has 0 fully saturated rings. The van der Waals surface area contributed by atoms with Crippen molar-refractivity contribution in [2.45, 2.75) is 26.8 Å². The van der Waals surface area contributed by atoms with Crippen LogP contribution < -0.4 is 10.6 Å². The SMILES string of the molecule is Cc1cscc1NC(=S)NC(C)C. The van der Waals surface area contributed by atoms with Crippen molar-refractivity contribution in [1.82, 2.24) is 5.32 Å². The smallest absolute Gasteiger partial charge is 0.171 e. The van der Waals surface area contributed by atoms with Crippen molar-refractivity contribution in [2.75, 3.05) is 5.32 Å². The number of aryl methyl sites for hydroxylation is 1. The van der Waals surface area contributed by atoms with Gasteiger partial charge in [0, 0.05) is 11.4 Å². The molecule has 0 amide bonds. The lowest BCUT2D eigenvalue weighted by Crippen LogP contribution is -2.33. The van der Waals surface area contributed by atoms with Gasteiger partial charge >= 0.3 is 0 Å². The van der Waals surface area contributed by atoms with Gasteiger partial charge in [-0.25, -0.2) is 0 Å². The summed E-state index contributed by atoms with van der Waals surface area (Å²) >= 11 is 6.80. The van der Waals surface area contributed by atoms with Crippen LogP contribution in [0.5, 0.6) is 0 Å². The summed E-state index contributed by atoms with van der Waals surface area (Å²) < 4.78 is 0. The molecule has 0 aliphatic rings. The molecule has 0 aromatic carbocycles. The van der Waals surface area contributed by atoms with Crippen molar-refractivity contribution in [2.24, 2.45) is 0 Å². The van der Waals surface area contributed by atoms with Gasteiger partial charge in [-0.3, -0.25) is 0 Å². The first-order chi connectivity index (χ1) is 6.09. The molecule has 13 heavy (non-hydrogen) atoms. The highest BCUT2D eigenvalue weighted by Gasteiger charge is 2.02. The molecule has 2 nitrogen and oxygen atoms in total. The number of thiophene rings is 1. The second kappa shape index (κ2) is 4.58. The Morgan fingerprint density at radius 2 is 2.15 bits per heavy atom. The average Bonchev–Trinajstić information content (AvgIpc) is 2.34. The predicted molar refractivity (Wildman–Crippen MR) is 63.5 cm³/mol. The van der Waals surface area contributed by atoms with Gasteiger partial charge in [-0.1, -0.05) is 0 Å². The molecule has 0 bridgehead atoms. The first-order valence-electron chi connectivity index (χ1n) is 4.20. The highest BCUT2D eigenvalue weighted by molar-refractivity contribution is 7.80. The molecular formula is C9H14N2S2. The Morgan fingerprint density at radius 3 is 2.62 bits per heavy atom. The molecular weight excluding hydrogens is 200 g/mol. The fourth-order valence-corrected chi connectivity index (χ4v) is 2.03. The molecule has 1 heterocycles. The minimum Gasteiger partial charge on any atom is -0.360 e. The lowest BCUT2D eigenvalue weighted by atomic mass is 10.3. The van der Waals surface area contributed by atoms with E-state index in [0.29, 0.717) is 11.2 Å². The van der Waals surface area contributed by atoms with Gasteiger partial charge in [-0.15, -0.1) is 11.3 Å². The fourth-order valence-electron chi connectivity index (χ4n) is 0.909. The molecule has 4 heteroatoms. The van der Waals surface area contributed by atoms with E-state index >= 15 is 0 Å². The molecule has 0 atom stereocenters. The van der Waals surface area contributed by atoms with Crippen LogP contribution in [-0.2, 0) is 0 Å². The molecule has 2 N–H and O–H groups in total. The number of thiocarbonyl (C=S) groups is 1. The van der Waals surface area contributed by atoms with E-state index in [4.69, 9.17) is 12.2 Å². The monoisotopic (exact) mass is 214 g/mol. The van der Waals surface area contributed by atoms with Gasteiger partial charge in [-0.2, -0.15) is 0 Å². The molecule has 0 radical (unpaired) electrons. The van der Waals surface area contributed by atoms with Gasteiger partial charge in [0.05, 0.1) is 5.69 Å². The first-order valence-corrected chi connectivity index (χ1v) is 5.55. The first kappa shape index (κ1) is 10.5. The Kier molecular flexibility index (Phi) is 3.69. The topological polar surface area (TPSA) is 24.1 Å². The third-order valence-electron chi connectivity index (χ3n) is 1.52. The lowest BCUT2D eigenvalue weighted by Gasteiger charge is -2.12. The van der Waals surface area contributed by atoms with Gasteiger partial charge in [-0.05, 0) is 43.9 Å². The van der Waals surface area contributed by atoms with E-state index in [1.54, 1.807) is 11.3 Å². The Hall–Kier alpha value is -0.610. The summed E-state index contributed by atoms with van der Waals surface area (Å²) in [5.74, 6) is 0. The van der Waals surface area contributed by atoms with Crippen molar-refractivity contribution >= 4 is 34.4 Å². The largest absolute Gasteiger partial charge is 0.360 e. The zero-order valence-electron chi connectivity index (χ0n) is 8.05. The number of rotatable bonds is 2. The van der Waals surface area contributed by atoms with Crippen LogP contribution in [0.1, 0.15) is 19.4 Å². The zero-order valence-corrected chi connectivity index (χ0v) is 9.68. The summed E-state index contributed by atoms with van der Waals surface area (Å²) in [5, 5.41) is 11.1. The summed E-state index contributed by atoms with van der Waals surface area (Å²) in [7, 11) is 0. The van der Waals surface area contributed by atoms with Gasteiger partial charge < -0.3 is 10.6 Å². The molecule has 0 saturated carbocycles. The second-order valence-corrected chi connectivity index (χ2v) is 4.37. The summed E-state index contributed by atoms with van der Waals surface area (Å²) in [5.41, 5.74) is 2.33. The molecule has 1 aromatic rings. The van der Waals surface area contributed by atoms with E-state index in [1.807, 2.05) is 0 Å². The minimum atomic E-state index is 0.374. The second-order valence-electron chi connectivity index (χ2n) is 3.22. The van der Waals surface area contributed by atoms with Crippen LogP contribution in [0.3, 0.4) is 0 Å². The van der Waals surface area contributed by atoms with Crippen LogP contribution in [0.25, 0.3) is 0 Å². The number of hydrogen-bond donors (Lipinski definition) is 2. The summed E-state index contributed by atoms with van der Waals surface area (Å²) in [4.78, 5) is 0. The number of anilines is 1. The van der Waals surface area contributed by atoms with Crippen LogP contribution >= 0.6 is 23.6 Å². The van der Waals surface area contributed by atoms with E-state index in [2.05, 4.69) is 42.2 Å². The number of nitrogens with one attached hydrogen (secondary N) is 2. The van der Waals surface area contributed by atoms with E-state index in [9.17, 15) is 0 Å². The highest BCUT2D eigenvalue weighted by atomic mass is 32.1. The summed E-state index contributed by atoms with van der Waals surface area (Å²) in [6, 6.07) is 0.374. The third kappa shape index (κ3) is 3.32. The molecule has 0 aliphatic heterocycles. The maximum absolute atomic E-state index is 5.12. The van der Waals surface area contributed by atoms with Crippen LogP contribution in [0.4, 0.5) is 5.69 Å². The van der Waals surface area contributed by atoms with Gasteiger partial charge in [0.15, 0.2) is 5.11 Å². The van der Waals surface area contributed by atoms with E-state index in [1.165, 1.54) is 5.56 Å². The predicted octanol–water partition coefficient (Wildman–Crippen LogP) is 2.75. The van der Waals surface area contributed by atoms with E-state index in [0.717, 1.165) is 5.69 Å². The third-order valence-corrected chi connectivity index (χ3v) is 2.60. The normalized spacial score (nSPS) is 10.2. The average molecular weight is 214 g/mol. The van der Waals surface area contributed by atoms with Gasteiger partial charge in [0.25, 0.3) is 0 Å². The van der Waals surface area contributed by atoms with E-state index < -0.39 is 0 Å². The van der Waals surface area contributed by atoms with Gasteiger partial charge in [0.1, 0.15) is 0 Å². The Bertz CT molecular complexity index is 292. The highest BCUT2D eigenvalue weighted by Crippen LogP contribution is 2.18. The van der Waals surface area contributed by atoms with Crippen molar-refractivity contribution < 1.29 is 0 Å². The summed E-state index contributed by atoms with van der Waals surface area (Å²) in [6.45, 7) is 6.19. The minimum absolute atomic E-state index is 0.374. The molecule has 0 aliphatic carbocycles. The van der Waals surface area contributed by atoms with Crippen molar-refractivity contribution in [3.8, 4) is 0 Å². The standard InChI is InChI=1S/C9H14N2S2/c1-6(2)10-9(12)11-8-5-13-4-7(8)3/h4-6H,1-3H3,(H2,10,11,12). The molecule has 1 rings (SSSR count). The van der Waals surface area contributed by atoms with Crippen LogP contribution in [0.2, 0.25) is 0 Å². The van der Waals surface area contributed by atoms with Crippen molar-refractivity contribution in [3.05, 3.63) is 16.3 Å². The Balaban J connectivity index is 2.50. The molecule has 0 saturated heterocycles. The van der Waals surface area contributed by atoms with Crippen LogP contribution in [-0.4, -0.2) is 11.2 Å². The molecule has 1 aromatic heterocycles. The fraction of sp³-hybridized carbons (Fsp3) is 0.444. The van der Waals surface area contributed by atoms with Crippen molar-refractivity contribution in [1.29, 1.82) is 0 Å². The van der Waals surface area contributed by atoms with Crippen molar-refractivity contribution in [3.63, 3.8) is 0 Å². The van der Waals surface area contributed by atoms with Crippen LogP contribution in [0.15, 0.2) is 10.8 Å². The summed E-state index contributed by atoms with van der Waals surface area (Å²) in [6.07, 6.45) is 0. The lowest BCUT2D eigenvalue weighted by molar-refractivity contribution is 0.739.